The lowest BCUT2D eigenvalue weighted by Gasteiger charge is -2.31. The molecule has 8 heteroatoms. The molecule has 0 saturated heterocycles. The van der Waals surface area contributed by atoms with E-state index in [1.54, 1.807) is 4.72 Å². The summed E-state index contributed by atoms with van der Waals surface area (Å²) in [5, 5.41) is 0.0750. The Balaban J connectivity index is 2.09. The predicted molar refractivity (Wildman–Crippen MR) is 94.9 cm³/mol. The Morgan fingerprint density at radius 2 is 1.88 bits per heavy atom. The van der Waals surface area contributed by atoms with Gasteiger partial charge in [-0.05, 0) is 43.6 Å². The maximum atomic E-state index is 14.2. The Labute approximate surface area is 152 Å². The van der Waals surface area contributed by atoms with E-state index < -0.39 is 27.3 Å². The van der Waals surface area contributed by atoms with E-state index in [0.717, 1.165) is 44.1 Å². The van der Waals surface area contributed by atoms with Crippen LogP contribution in [0.4, 0.5) is 4.39 Å². The van der Waals surface area contributed by atoms with Gasteiger partial charge in [-0.25, -0.2) is 17.5 Å². The Morgan fingerprint density at radius 1 is 1.28 bits per heavy atom. The predicted octanol–water partition coefficient (Wildman–Crippen LogP) is 3.76. The van der Waals surface area contributed by atoms with E-state index in [4.69, 9.17) is 16.3 Å². The van der Waals surface area contributed by atoms with Crippen molar-refractivity contribution in [3.8, 4) is 5.75 Å². The zero-order chi connectivity index (χ0) is 18.8. The number of benzene rings is 1. The summed E-state index contributed by atoms with van der Waals surface area (Å²) in [5.41, 5.74) is -0.439. The number of hydrogen-bond donors (Lipinski definition) is 1. The molecule has 140 valence electrons. The second kappa shape index (κ2) is 7.91. The Morgan fingerprint density at radius 3 is 2.40 bits per heavy atom. The molecule has 25 heavy (non-hydrogen) atoms. The van der Waals surface area contributed by atoms with E-state index in [2.05, 4.69) is 13.8 Å². The number of carbonyl (C=O) groups excluding carboxylic acids is 1. The Kier molecular flexibility index (Phi) is 6.32. The van der Waals surface area contributed by atoms with Crippen molar-refractivity contribution < 1.29 is 22.3 Å². The van der Waals surface area contributed by atoms with Gasteiger partial charge in [0.2, 0.25) is 10.0 Å². The zero-order valence-electron chi connectivity index (χ0n) is 14.5. The van der Waals surface area contributed by atoms with Crippen LogP contribution in [0.15, 0.2) is 12.1 Å². The molecule has 0 unspecified atom stereocenters. The second-order valence-corrected chi connectivity index (χ2v) is 9.02. The van der Waals surface area contributed by atoms with Crippen LogP contribution < -0.4 is 9.46 Å². The molecule has 1 aliphatic carbocycles. The summed E-state index contributed by atoms with van der Waals surface area (Å²) in [5.74, 6) is -0.464. The molecular formula is C17H23ClFNO4S. The molecule has 1 fully saturated rings. The van der Waals surface area contributed by atoms with E-state index in [-0.39, 0.29) is 16.9 Å². The minimum absolute atomic E-state index is 0.0393. The number of halogens is 2. The van der Waals surface area contributed by atoms with Gasteiger partial charge in [-0.3, -0.25) is 4.79 Å². The van der Waals surface area contributed by atoms with Crippen molar-refractivity contribution in [1.29, 1.82) is 0 Å². The summed E-state index contributed by atoms with van der Waals surface area (Å²) in [6.45, 7) is 4.41. The molecule has 0 aliphatic heterocycles. The van der Waals surface area contributed by atoms with Crippen LogP contribution in [0.1, 0.15) is 49.9 Å². The van der Waals surface area contributed by atoms with E-state index in [0.29, 0.717) is 11.8 Å². The highest BCUT2D eigenvalue weighted by Gasteiger charge is 2.26. The molecule has 1 aromatic rings. The van der Waals surface area contributed by atoms with Crippen LogP contribution in [0.2, 0.25) is 5.02 Å². The van der Waals surface area contributed by atoms with Gasteiger partial charge in [0.15, 0.2) is 0 Å². The van der Waals surface area contributed by atoms with E-state index in [9.17, 15) is 17.6 Å². The molecule has 2 rings (SSSR count). The summed E-state index contributed by atoms with van der Waals surface area (Å²) in [6, 6.07) is 2.13. The second-order valence-electron chi connectivity index (χ2n) is 6.86. The molecule has 1 saturated carbocycles. The highest BCUT2D eigenvalue weighted by molar-refractivity contribution is 7.89. The minimum atomic E-state index is -3.79. The lowest BCUT2D eigenvalue weighted by molar-refractivity contribution is 0.0977. The van der Waals surface area contributed by atoms with E-state index in [1.165, 1.54) is 0 Å². The summed E-state index contributed by atoms with van der Waals surface area (Å²) in [4.78, 5) is 11.8. The first-order chi connectivity index (χ1) is 11.6. The smallest absolute Gasteiger partial charge is 0.267 e. The molecule has 0 radical (unpaired) electrons. The SMILES string of the molecule is CC(C)C1CCC(Oc2cc(F)c(C(=O)NS(C)(=O)=O)cc2Cl)CC1. The summed E-state index contributed by atoms with van der Waals surface area (Å²) < 4.78 is 43.9. The van der Waals surface area contributed by atoms with Crippen molar-refractivity contribution >= 4 is 27.5 Å². The van der Waals surface area contributed by atoms with Crippen LogP contribution in [-0.4, -0.2) is 26.7 Å². The third kappa shape index (κ3) is 5.57. The Bertz CT molecular complexity index is 743. The van der Waals surface area contributed by atoms with Gasteiger partial charge in [-0.15, -0.1) is 0 Å². The molecular weight excluding hydrogens is 369 g/mol. The molecule has 0 bridgehead atoms. The summed E-state index contributed by atoms with van der Waals surface area (Å²) in [6.07, 6.45) is 4.63. The highest BCUT2D eigenvalue weighted by atomic mass is 35.5. The van der Waals surface area contributed by atoms with Crippen LogP contribution in [0.5, 0.6) is 5.75 Å². The van der Waals surface area contributed by atoms with Gasteiger partial charge in [0, 0.05) is 6.07 Å². The maximum Gasteiger partial charge on any atom is 0.267 e. The Hall–Kier alpha value is -1.34. The topological polar surface area (TPSA) is 72.5 Å². The van der Waals surface area contributed by atoms with Gasteiger partial charge in [0.25, 0.3) is 5.91 Å². The third-order valence-electron chi connectivity index (χ3n) is 4.50. The molecule has 0 heterocycles. The van der Waals surface area contributed by atoms with Crippen LogP contribution in [-0.2, 0) is 10.0 Å². The molecule has 5 nitrogen and oxygen atoms in total. The van der Waals surface area contributed by atoms with Gasteiger partial charge in [-0.2, -0.15) is 0 Å². The van der Waals surface area contributed by atoms with Gasteiger partial charge in [0.05, 0.1) is 22.9 Å². The van der Waals surface area contributed by atoms with Crippen LogP contribution in [0.3, 0.4) is 0 Å². The fraction of sp³-hybridized carbons (Fsp3) is 0.588. The van der Waals surface area contributed by atoms with Crippen molar-refractivity contribution in [2.45, 2.75) is 45.6 Å². The van der Waals surface area contributed by atoms with Crippen molar-refractivity contribution in [2.75, 3.05) is 6.26 Å². The monoisotopic (exact) mass is 391 g/mol. The normalized spacial score (nSPS) is 21.2. The number of rotatable bonds is 5. The van der Waals surface area contributed by atoms with Gasteiger partial charge < -0.3 is 4.74 Å². The summed E-state index contributed by atoms with van der Waals surface area (Å²) in [7, 11) is -3.79. The molecule has 1 aromatic carbocycles. The zero-order valence-corrected chi connectivity index (χ0v) is 16.1. The van der Waals surface area contributed by atoms with E-state index in [1.807, 2.05) is 0 Å². The first-order valence-electron chi connectivity index (χ1n) is 8.24. The van der Waals surface area contributed by atoms with Crippen LogP contribution in [0.25, 0.3) is 0 Å². The lowest BCUT2D eigenvalue weighted by Crippen LogP contribution is -2.30. The third-order valence-corrected chi connectivity index (χ3v) is 5.35. The molecule has 1 amide bonds. The van der Waals surface area contributed by atoms with Gasteiger partial charge in [0.1, 0.15) is 11.6 Å². The molecule has 0 atom stereocenters. The van der Waals surface area contributed by atoms with E-state index >= 15 is 0 Å². The largest absolute Gasteiger partial charge is 0.489 e. The standard InChI is InChI=1S/C17H23ClFNO4S/c1-10(2)11-4-6-12(7-5-11)24-16-9-15(19)13(8-14(16)18)17(21)20-25(3,22)23/h8-12H,4-7H2,1-3H3,(H,20,21). The van der Waals surface area contributed by atoms with Crippen LogP contribution >= 0.6 is 11.6 Å². The highest BCUT2D eigenvalue weighted by Crippen LogP contribution is 2.35. The lowest BCUT2D eigenvalue weighted by atomic mass is 9.80. The number of hydrogen-bond acceptors (Lipinski definition) is 4. The van der Waals surface area contributed by atoms with Gasteiger partial charge in [-0.1, -0.05) is 25.4 Å². The fourth-order valence-electron chi connectivity index (χ4n) is 3.07. The fourth-order valence-corrected chi connectivity index (χ4v) is 3.72. The summed E-state index contributed by atoms with van der Waals surface area (Å²) >= 11 is 6.09. The molecule has 0 aromatic heterocycles. The minimum Gasteiger partial charge on any atom is -0.489 e. The average Bonchev–Trinajstić information content (AvgIpc) is 2.49. The number of amides is 1. The molecule has 0 spiro atoms. The van der Waals surface area contributed by atoms with Gasteiger partial charge >= 0.3 is 0 Å². The number of nitrogens with one attached hydrogen (secondary N) is 1. The quantitative estimate of drug-likeness (QED) is 0.829. The maximum absolute atomic E-state index is 14.2. The number of ether oxygens (including phenoxy) is 1. The van der Waals surface area contributed by atoms with Crippen molar-refractivity contribution in [3.05, 3.63) is 28.5 Å². The molecule has 1 N–H and O–H groups in total. The van der Waals surface area contributed by atoms with Crippen molar-refractivity contribution in [3.63, 3.8) is 0 Å². The van der Waals surface area contributed by atoms with Crippen molar-refractivity contribution in [1.82, 2.24) is 4.72 Å². The van der Waals surface area contributed by atoms with Crippen molar-refractivity contribution in [2.24, 2.45) is 11.8 Å². The number of sulfonamides is 1. The van der Waals surface area contributed by atoms with Crippen LogP contribution in [0, 0.1) is 17.7 Å². The first-order valence-corrected chi connectivity index (χ1v) is 10.5. The first kappa shape index (κ1) is 20.0. The average molecular weight is 392 g/mol. The molecule has 1 aliphatic rings. The number of carbonyl (C=O) groups is 1.